The lowest BCUT2D eigenvalue weighted by Crippen LogP contribution is -2.37. The Bertz CT molecular complexity index is 609. The van der Waals surface area contributed by atoms with Crippen molar-refractivity contribution >= 4 is 11.3 Å². The molecule has 0 aliphatic heterocycles. The van der Waals surface area contributed by atoms with Gasteiger partial charge >= 0.3 is 0 Å². The standard InChI is InChI=1S/C17H22N2S/c1-17(2,3)15-10-20-16(19-15)9-14(18)13-8-11-6-4-5-7-12(11)13/h4-7,10,13-14H,8-9,18H2,1-3H3. The first-order chi connectivity index (χ1) is 9.45. The van der Waals surface area contributed by atoms with E-state index < -0.39 is 0 Å². The summed E-state index contributed by atoms with van der Waals surface area (Å²) >= 11 is 1.75. The van der Waals surface area contributed by atoms with E-state index >= 15 is 0 Å². The molecule has 0 fully saturated rings. The Morgan fingerprint density at radius 3 is 2.75 bits per heavy atom. The highest BCUT2D eigenvalue weighted by atomic mass is 32.1. The van der Waals surface area contributed by atoms with Crippen molar-refractivity contribution in [1.82, 2.24) is 4.98 Å². The summed E-state index contributed by atoms with van der Waals surface area (Å²) in [6.07, 6.45) is 2.01. The van der Waals surface area contributed by atoms with Crippen molar-refractivity contribution in [3.63, 3.8) is 0 Å². The van der Waals surface area contributed by atoms with Crippen molar-refractivity contribution in [3.05, 3.63) is 51.5 Å². The number of aromatic nitrogens is 1. The van der Waals surface area contributed by atoms with E-state index in [1.807, 2.05) is 0 Å². The van der Waals surface area contributed by atoms with Crippen LogP contribution in [0.15, 0.2) is 29.6 Å². The van der Waals surface area contributed by atoms with Crippen LogP contribution in [0.5, 0.6) is 0 Å². The molecular formula is C17H22N2S. The molecule has 0 saturated heterocycles. The molecule has 0 amide bonds. The third-order valence-corrected chi connectivity index (χ3v) is 5.01. The molecule has 1 aromatic carbocycles. The van der Waals surface area contributed by atoms with Gasteiger partial charge in [-0.3, -0.25) is 0 Å². The number of hydrogen-bond acceptors (Lipinski definition) is 3. The quantitative estimate of drug-likeness (QED) is 0.935. The van der Waals surface area contributed by atoms with Crippen LogP contribution in [0.4, 0.5) is 0 Å². The third-order valence-electron chi connectivity index (χ3n) is 4.14. The normalized spacial score (nSPS) is 19.3. The average molecular weight is 286 g/mol. The van der Waals surface area contributed by atoms with Gasteiger partial charge < -0.3 is 5.73 Å². The predicted molar refractivity (Wildman–Crippen MR) is 85.4 cm³/mol. The van der Waals surface area contributed by atoms with E-state index in [-0.39, 0.29) is 11.5 Å². The summed E-state index contributed by atoms with van der Waals surface area (Å²) < 4.78 is 0. The molecule has 1 heterocycles. The maximum atomic E-state index is 6.41. The molecule has 3 rings (SSSR count). The zero-order chi connectivity index (χ0) is 14.3. The first-order valence-electron chi connectivity index (χ1n) is 7.23. The van der Waals surface area contributed by atoms with Crippen molar-refractivity contribution in [3.8, 4) is 0 Å². The maximum absolute atomic E-state index is 6.41. The second-order valence-corrected chi connectivity index (χ2v) is 7.70. The summed E-state index contributed by atoms with van der Waals surface area (Å²) in [5, 5.41) is 3.35. The van der Waals surface area contributed by atoms with Crippen molar-refractivity contribution in [2.45, 2.75) is 51.0 Å². The minimum Gasteiger partial charge on any atom is -0.327 e. The highest BCUT2D eigenvalue weighted by Gasteiger charge is 2.31. The van der Waals surface area contributed by atoms with Gasteiger partial charge in [0.2, 0.25) is 0 Å². The summed E-state index contributed by atoms with van der Waals surface area (Å²) in [5.74, 6) is 0.508. The Balaban J connectivity index is 1.69. The van der Waals surface area contributed by atoms with Crippen LogP contribution in [0.3, 0.4) is 0 Å². The van der Waals surface area contributed by atoms with Gasteiger partial charge in [0.25, 0.3) is 0 Å². The van der Waals surface area contributed by atoms with Crippen LogP contribution in [0.1, 0.15) is 48.5 Å². The highest BCUT2D eigenvalue weighted by molar-refractivity contribution is 7.09. The molecule has 0 spiro atoms. The summed E-state index contributed by atoms with van der Waals surface area (Å²) in [6.45, 7) is 6.61. The molecule has 2 nitrogen and oxygen atoms in total. The molecular weight excluding hydrogens is 264 g/mol. The molecule has 0 radical (unpaired) electrons. The minimum atomic E-state index is 0.127. The number of hydrogen-bond donors (Lipinski definition) is 1. The molecule has 2 atom stereocenters. The molecule has 3 heteroatoms. The van der Waals surface area contributed by atoms with Gasteiger partial charge in [0, 0.05) is 29.2 Å². The molecule has 1 aliphatic rings. The number of nitrogens with two attached hydrogens (primary N) is 1. The smallest absolute Gasteiger partial charge is 0.0944 e. The molecule has 0 saturated carbocycles. The van der Waals surface area contributed by atoms with E-state index in [1.165, 1.54) is 21.8 Å². The number of fused-ring (bicyclic) bond motifs is 1. The fourth-order valence-electron chi connectivity index (χ4n) is 2.77. The first-order valence-corrected chi connectivity index (χ1v) is 8.11. The Morgan fingerprint density at radius 2 is 2.10 bits per heavy atom. The summed E-state index contributed by atoms with van der Waals surface area (Å²) in [7, 11) is 0. The second-order valence-electron chi connectivity index (χ2n) is 6.75. The Hall–Kier alpha value is -1.19. The monoisotopic (exact) mass is 286 g/mol. The lowest BCUT2D eigenvalue weighted by Gasteiger charge is -2.34. The molecule has 2 N–H and O–H groups in total. The van der Waals surface area contributed by atoms with Crippen LogP contribution >= 0.6 is 11.3 Å². The Kier molecular flexibility index (Phi) is 3.43. The number of rotatable bonds is 3. The zero-order valence-corrected chi connectivity index (χ0v) is 13.2. The van der Waals surface area contributed by atoms with E-state index in [9.17, 15) is 0 Å². The highest BCUT2D eigenvalue weighted by Crippen LogP contribution is 2.37. The van der Waals surface area contributed by atoms with Crippen molar-refractivity contribution < 1.29 is 0 Å². The second kappa shape index (κ2) is 4.97. The van der Waals surface area contributed by atoms with Crippen molar-refractivity contribution in [2.24, 2.45) is 5.73 Å². The molecule has 20 heavy (non-hydrogen) atoms. The summed E-state index contributed by atoms with van der Waals surface area (Å²) in [4.78, 5) is 4.76. The minimum absolute atomic E-state index is 0.127. The van der Waals surface area contributed by atoms with Crippen LogP contribution in [0.25, 0.3) is 0 Å². The van der Waals surface area contributed by atoms with Crippen molar-refractivity contribution in [1.29, 1.82) is 0 Å². The van der Waals surface area contributed by atoms with Gasteiger partial charge in [0.1, 0.15) is 0 Å². The molecule has 106 valence electrons. The van der Waals surface area contributed by atoms with Crippen molar-refractivity contribution in [2.75, 3.05) is 0 Å². The number of thiazole rings is 1. The van der Waals surface area contributed by atoms with E-state index in [2.05, 4.69) is 50.4 Å². The SMILES string of the molecule is CC(C)(C)c1csc(CC(N)C2Cc3ccccc32)n1. The average Bonchev–Trinajstić information content (AvgIpc) is 2.79. The number of nitrogens with zero attached hydrogens (tertiary/aromatic N) is 1. The zero-order valence-electron chi connectivity index (χ0n) is 12.4. The van der Waals surface area contributed by atoms with Gasteiger partial charge in [-0.25, -0.2) is 4.98 Å². The van der Waals surface area contributed by atoms with Crippen LogP contribution in [0, 0.1) is 0 Å². The molecule has 1 aliphatic carbocycles. The van der Waals surface area contributed by atoms with Gasteiger partial charge in [-0.1, -0.05) is 45.0 Å². The lowest BCUT2D eigenvalue weighted by atomic mass is 9.73. The van der Waals surface area contributed by atoms with E-state index in [4.69, 9.17) is 10.7 Å². The molecule has 2 unspecified atom stereocenters. The third kappa shape index (κ3) is 2.52. The van der Waals surface area contributed by atoms with E-state index in [0.717, 1.165) is 12.8 Å². The summed E-state index contributed by atoms with van der Waals surface area (Å²) in [6, 6.07) is 8.82. The largest absolute Gasteiger partial charge is 0.327 e. The number of benzene rings is 1. The van der Waals surface area contributed by atoms with Gasteiger partial charge in [-0.05, 0) is 17.5 Å². The van der Waals surface area contributed by atoms with E-state index in [1.54, 1.807) is 11.3 Å². The molecule has 1 aromatic heterocycles. The van der Waals surface area contributed by atoms with Gasteiger partial charge in [0.05, 0.1) is 10.7 Å². The van der Waals surface area contributed by atoms with Gasteiger partial charge in [-0.15, -0.1) is 11.3 Å². The van der Waals surface area contributed by atoms with Crippen LogP contribution < -0.4 is 5.73 Å². The molecule has 2 aromatic rings. The maximum Gasteiger partial charge on any atom is 0.0944 e. The fourth-order valence-corrected chi connectivity index (χ4v) is 3.87. The fraction of sp³-hybridized carbons (Fsp3) is 0.471. The lowest BCUT2D eigenvalue weighted by molar-refractivity contribution is 0.478. The van der Waals surface area contributed by atoms with Gasteiger partial charge in [-0.2, -0.15) is 0 Å². The van der Waals surface area contributed by atoms with Crippen LogP contribution in [-0.2, 0) is 18.3 Å². The Morgan fingerprint density at radius 1 is 1.35 bits per heavy atom. The Labute approximate surface area is 125 Å². The summed E-state index contributed by atoms with van der Waals surface area (Å²) in [5.41, 5.74) is 10.6. The van der Waals surface area contributed by atoms with Crippen LogP contribution in [-0.4, -0.2) is 11.0 Å². The predicted octanol–water partition coefficient (Wildman–Crippen LogP) is 3.65. The van der Waals surface area contributed by atoms with Crippen LogP contribution in [0.2, 0.25) is 0 Å². The first kappa shape index (κ1) is 13.8. The van der Waals surface area contributed by atoms with E-state index in [0.29, 0.717) is 5.92 Å². The van der Waals surface area contributed by atoms with Gasteiger partial charge in [0.15, 0.2) is 0 Å². The topological polar surface area (TPSA) is 38.9 Å². The molecule has 0 bridgehead atoms.